The van der Waals surface area contributed by atoms with Crippen LogP contribution in [0.15, 0.2) is 0 Å². The second-order valence-corrected chi connectivity index (χ2v) is 4.97. The van der Waals surface area contributed by atoms with E-state index in [-0.39, 0.29) is 17.0 Å². The zero-order valence-electron chi connectivity index (χ0n) is 11.2. The number of amides is 1. The van der Waals surface area contributed by atoms with E-state index in [1.165, 1.54) is 0 Å². The molecule has 0 bridgehead atoms. The summed E-state index contributed by atoms with van der Waals surface area (Å²) in [5.74, 6) is -0.222. The van der Waals surface area contributed by atoms with Crippen LogP contribution >= 0.6 is 0 Å². The smallest absolute Gasteiger partial charge is 0.342 e. The van der Waals surface area contributed by atoms with Gasteiger partial charge in [0.1, 0.15) is 0 Å². The molecule has 0 aromatic carbocycles. The van der Waals surface area contributed by atoms with Crippen LogP contribution in [-0.4, -0.2) is 54.0 Å². The molecule has 0 aromatic heterocycles. The van der Waals surface area contributed by atoms with Gasteiger partial charge in [0, 0.05) is 5.41 Å². The lowest BCUT2D eigenvalue weighted by atomic mass is 9.77. The van der Waals surface area contributed by atoms with E-state index < -0.39 is 11.5 Å². The quantitative estimate of drug-likeness (QED) is 0.665. The summed E-state index contributed by atoms with van der Waals surface area (Å²) < 4.78 is 0.142. The van der Waals surface area contributed by atoms with Crippen molar-refractivity contribution in [3.63, 3.8) is 0 Å². The lowest BCUT2D eigenvalue weighted by Crippen LogP contribution is -2.56. The van der Waals surface area contributed by atoms with Gasteiger partial charge in [-0.1, -0.05) is 13.8 Å². The van der Waals surface area contributed by atoms with Crippen LogP contribution in [0, 0.1) is 5.41 Å². The third-order valence-corrected chi connectivity index (χ3v) is 3.92. The summed E-state index contributed by atoms with van der Waals surface area (Å²) >= 11 is 0. The summed E-state index contributed by atoms with van der Waals surface area (Å²) in [6, 6.07) is 0. The molecule has 0 saturated heterocycles. The van der Waals surface area contributed by atoms with Gasteiger partial charge in [0.2, 0.25) is 0 Å². The van der Waals surface area contributed by atoms with Gasteiger partial charge in [-0.3, -0.25) is 4.48 Å². The van der Waals surface area contributed by atoms with Gasteiger partial charge >= 0.3 is 5.91 Å². The Balaban J connectivity index is 5.03. The second-order valence-electron chi connectivity index (χ2n) is 4.97. The highest BCUT2D eigenvalue weighted by Crippen LogP contribution is 2.31. The minimum atomic E-state index is -1.09. The maximum absolute atomic E-state index is 12.1. The highest BCUT2D eigenvalue weighted by molar-refractivity contribution is 5.74. The van der Waals surface area contributed by atoms with E-state index >= 15 is 0 Å². The fraction of sp³-hybridized carbons (Fsp3) is 0.917. The van der Waals surface area contributed by atoms with Gasteiger partial charge in [-0.2, -0.15) is 0 Å². The monoisotopic (exact) mass is 232 g/mol. The molecule has 0 aliphatic heterocycles. The Morgan fingerprint density at radius 3 is 1.94 bits per heavy atom. The molecule has 0 heterocycles. The molecule has 16 heavy (non-hydrogen) atoms. The maximum atomic E-state index is 12.1. The van der Waals surface area contributed by atoms with Crippen molar-refractivity contribution in [2.75, 3.05) is 27.2 Å². The van der Waals surface area contributed by atoms with Gasteiger partial charge in [-0.15, -0.1) is 0 Å². The van der Waals surface area contributed by atoms with E-state index in [1.54, 1.807) is 14.1 Å². The third-order valence-electron chi connectivity index (χ3n) is 3.92. The number of quaternary nitrogens is 1. The van der Waals surface area contributed by atoms with Gasteiger partial charge < -0.3 is 10.2 Å². The number of nitrogens with zero attached hydrogens (tertiary/aromatic N) is 1. The molecule has 1 unspecified atom stereocenters. The highest BCUT2D eigenvalue weighted by Gasteiger charge is 2.45. The number of carbonyl (C=O) groups is 1. The number of aliphatic hydroxyl groups is 2. The van der Waals surface area contributed by atoms with Crippen molar-refractivity contribution in [1.29, 1.82) is 0 Å². The van der Waals surface area contributed by atoms with Gasteiger partial charge in [0.25, 0.3) is 0 Å². The molecule has 4 nitrogen and oxygen atoms in total. The minimum Gasteiger partial charge on any atom is -0.396 e. The van der Waals surface area contributed by atoms with Crippen LogP contribution in [0.2, 0.25) is 0 Å². The predicted octanol–water partition coefficient (Wildman–Crippen LogP) is 0.769. The lowest BCUT2D eigenvalue weighted by molar-refractivity contribution is -0.814. The molecule has 0 aliphatic carbocycles. The maximum Gasteiger partial charge on any atom is 0.342 e. The van der Waals surface area contributed by atoms with Crippen LogP contribution in [0.5, 0.6) is 0 Å². The number of carbonyl (C=O) groups excluding carboxylic acids is 1. The first-order valence-electron chi connectivity index (χ1n) is 5.97. The Hall–Kier alpha value is -0.450. The third kappa shape index (κ3) is 2.81. The molecule has 96 valence electrons. The van der Waals surface area contributed by atoms with Crippen LogP contribution in [0.25, 0.3) is 0 Å². The number of hydrogen-bond acceptors (Lipinski definition) is 3. The predicted molar refractivity (Wildman–Crippen MR) is 63.8 cm³/mol. The van der Waals surface area contributed by atoms with Crippen molar-refractivity contribution >= 4 is 5.91 Å². The van der Waals surface area contributed by atoms with Crippen molar-refractivity contribution in [1.82, 2.24) is 0 Å². The van der Waals surface area contributed by atoms with Crippen LogP contribution < -0.4 is 0 Å². The van der Waals surface area contributed by atoms with E-state index in [0.29, 0.717) is 19.4 Å². The normalized spacial score (nSPS) is 14.9. The van der Waals surface area contributed by atoms with Crippen molar-refractivity contribution in [2.45, 2.75) is 39.7 Å². The Labute approximate surface area is 98.5 Å². The summed E-state index contributed by atoms with van der Waals surface area (Å²) in [4.78, 5) is 12.1. The number of hydrogen-bond donors (Lipinski definition) is 2. The van der Waals surface area contributed by atoms with Crippen LogP contribution in [0.1, 0.15) is 33.6 Å². The average Bonchev–Trinajstić information content (AvgIpc) is 2.30. The molecule has 0 saturated carbocycles. The molecule has 2 N–H and O–H groups in total. The Morgan fingerprint density at radius 1 is 1.25 bits per heavy atom. The van der Waals surface area contributed by atoms with Gasteiger partial charge in [0.05, 0.1) is 27.2 Å². The van der Waals surface area contributed by atoms with E-state index in [0.717, 1.165) is 0 Å². The molecule has 0 aliphatic rings. The van der Waals surface area contributed by atoms with E-state index in [9.17, 15) is 15.0 Å². The molecular weight excluding hydrogens is 206 g/mol. The summed E-state index contributed by atoms with van der Waals surface area (Å²) in [7, 11) is 3.55. The minimum absolute atomic E-state index is 0.142. The largest absolute Gasteiger partial charge is 0.396 e. The molecule has 0 aromatic rings. The van der Waals surface area contributed by atoms with Gasteiger partial charge in [0.15, 0.2) is 6.10 Å². The van der Waals surface area contributed by atoms with E-state index in [2.05, 4.69) is 0 Å². The second kappa shape index (κ2) is 5.75. The topological polar surface area (TPSA) is 57.5 Å². The first-order chi connectivity index (χ1) is 7.31. The van der Waals surface area contributed by atoms with E-state index in [1.807, 2.05) is 20.8 Å². The SMILES string of the molecule is CCC(CC)(CO)C(O)C(=O)[N+](C)(C)CC. The summed E-state index contributed by atoms with van der Waals surface area (Å²) in [6.07, 6.45) is 0.0928. The Morgan fingerprint density at radius 2 is 1.69 bits per heavy atom. The first-order valence-corrected chi connectivity index (χ1v) is 5.97. The van der Waals surface area contributed by atoms with Gasteiger partial charge in [-0.05, 0) is 19.8 Å². The fourth-order valence-electron chi connectivity index (χ4n) is 1.70. The molecule has 1 amide bonds. The zero-order valence-corrected chi connectivity index (χ0v) is 11.2. The summed E-state index contributed by atoms with van der Waals surface area (Å²) in [5.41, 5.74) is -0.693. The molecule has 0 spiro atoms. The first kappa shape index (κ1) is 15.6. The molecule has 0 radical (unpaired) electrons. The van der Waals surface area contributed by atoms with E-state index in [4.69, 9.17) is 0 Å². The lowest BCUT2D eigenvalue weighted by Gasteiger charge is -2.37. The average molecular weight is 232 g/mol. The molecule has 4 heteroatoms. The van der Waals surface area contributed by atoms with Crippen LogP contribution in [0.3, 0.4) is 0 Å². The van der Waals surface area contributed by atoms with Crippen molar-refractivity contribution in [2.24, 2.45) is 5.41 Å². The van der Waals surface area contributed by atoms with Gasteiger partial charge in [-0.25, -0.2) is 4.79 Å². The highest BCUT2D eigenvalue weighted by atomic mass is 16.3. The number of likely N-dealkylation sites (N-methyl/N-ethyl adjacent to an activating group) is 1. The standard InChI is InChI=1S/C12H26NO3/c1-6-12(7-2,9-14)10(15)11(16)13(4,5)8-3/h10,14-15H,6-9H2,1-5H3/q+1. The van der Waals surface area contributed by atoms with Crippen molar-refractivity contribution < 1.29 is 19.5 Å². The fourth-order valence-corrected chi connectivity index (χ4v) is 1.70. The van der Waals surface area contributed by atoms with Crippen molar-refractivity contribution in [3.05, 3.63) is 0 Å². The Kier molecular flexibility index (Phi) is 5.59. The molecular formula is C12H26NO3+. The summed E-state index contributed by atoms with van der Waals surface area (Å²) in [5, 5.41) is 19.6. The summed E-state index contributed by atoms with van der Waals surface area (Å²) in [6.45, 7) is 6.16. The molecule has 1 atom stereocenters. The number of aliphatic hydroxyl groups excluding tert-OH is 2. The Bertz CT molecular complexity index is 226. The van der Waals surface area contributed by atoms with Crippen LogP contribution in [0.4, 0.5) is 0 Å². The molecule has 0 fully saturated rings. The molecule has 0 rings (SSSR count). The zero-order chi connectivity index (χ0) is 13.0. The van der Waals surface area contributed by atoms with Crippen LogP contribution in [-0.2, 0) is 4.79 Å². The van der Waals surface area contributed by atoms with Crippen molar-refractivity contribution in [3.8, 4) is 0 Å². The number of rotatable bonds is 6.